The fourth-order valence-electron chi connectivity index (χ4n) is 4.05. The standard InChI is InChI=1S/C16H29NO3/c1-14-16(6-11-18-12-7-16)5-8-17(14)9-13-20-15-4-2-3-10-19-15/h14-15H,2-13H2,1H3/t14-,15-/m1/s1. The number of hydrogen-bond donors (Lipinski definition) is 0. The molecule has 0 radical (unpaired) electrons. The zero-order valence-corrected chi connectivity index (χ0v) is 12.8. The predicted molar refractivity (Wildman–Crippen MR) is 77.7 cm³/mol. The minimum Gasteiger partial charge on any atom is -0.381 e. The van der Waals surface area contributed by atoms with Crippen LogP contribution in [-0.2, 0) is 14.2 Å². The molecule has 2 atom stereocenters. The van der Waals surface area contributed by atoms with Gasteiger partial charge in [-0.25, -0.2) is 0 Å². The first-order valence-corrected chi connectivity index (χ1v) is 8.35. The molecule has 3 saturated heterocycles. The van der Waals surface area contributed by atoms with Crippen molar-refractivity contribution in [3.63, 3.8) is 0 Å². The van der Waals surface area contributed by atoms with Gasteiger partial charge in [-0.05, 0) is 57.4 Å². The van der Waals surface area contributed by atoms with E-state index in [2.05, 4.69) is 11.8 Å². The highest BCUT2D eigenvalue weighted by molar-refractivity contribution is 4.97. The maximum Gasteiger partial charge on any atom is 0.157 e. The first kappa shape index (κ1) is 14.8. The van der Waals surface area contributed by atoms with Crippen LogP contribution in [-0.4, -0.2) is 56.7 Å². The fourth-order valence-corrected chi connectivity index (χ4v) is 4.05. The van der Waals surface area contributed by atoms with Crippen molar-refractivity contribution in [2.24, 2.45) is 5.41 Å². The smallest absolute Gasteiger partial charge is 0.157 e. The Morgan fingerprint density at radius 1 is 1.15 bits per heavy atom. The van der Waals surface area contributed by atoms with Gasteiger partial charge >= 0.3 is 0 Å². The van der Waals surface area contributed by atoms with Gasteiger partial charge in [-0.3, -0.25) is 4.90 Å². The van der Waals surface area contributed by atoms with Gasteiger partial charge in [0.1, 0.15) is 0 Å². The first-order chi connectivity index (χ1) is 9.80. The quantitative estimate of drug-likeness (QED) is 0.793. The molecular formula is C16H29NO3. The summed E-state index contributed by atoms with van der Waals surface area (Å²) in [5, 5.41) is 0. The van der Waals surface area contributed by atoms with Crippen LogP contribution < -0.4 is 0 Å². The topological polar surface area (TPSA) is 30.9 Å². The second-order valence-electron chi connectivity index (χ2n) is 6.60. The van der Waals surface area contributed by atoms with E-state index in [1.54, 1.807) is 0 Å². The zero-order chi connectivity index (χ0) is 13.8. The van der Waals surface area contributed by atoms with E-state index in [1.165, 1.54) is 38.6 Å². The summed E-state index contributed by atoms with van der Waals surface area (Å²) in [6.07, 6.45) is 7.35. The van der Waals surface area contributed by atoms with Gasteiger partial charge in [0, 0.05) is 32.4 Å². The molecule has 0 aromatic carbocycles. The first-order valence-electron chi connectivity index (χ1n) is 8.35. The molecule has 1 spiro atoms. The lowest BCUT2D eigenvalue weighted by atomic mass is 9.74. The molecule has 4 heteroatoms. The Hall–Kier alpha value is -0.160. The van der Waals surface area contributed by atoms with E-state index in [-0.39, 0.29) is 6.29 Å². The highest BCUT2D eigenvalue weighted by Gasteiger charge is 2.45. The SMILES string of the molecule is C[C@H]1N(CCO[C@@H]2CCCCO2)CCC12CCOCC2. The number of likely N-dealkylation sites (tertiary alicyclic amines) is 1. The molecule has 0 saturated carbocycles. The van der Waals surface area contributed by atoms with Crippen LogP contribution in [0, 0.1) is 5.41 Å². The van der Waals surface area contributed by atoms with Crippen LogP contribution in [0.25, 0.3) is 0 Å². The maximum absolute atomic E-state index is 5.88. The van der Waals surface area contributed by atoms with E-state index in [1.807, 2.05) is 0 Å². The Morgan fingerprint density at radius 2 is 2.00 bits per heavy atom. The zero-order valence-electron chi connectivity index (χ0n) is 12.8. The van der Waals surface area contributed by atoms with E-state index in [0.29, 0.717) is 11.5 Å². The maximum atomic E-state index is 5.88. The van der Waals surface area contributed by atoms with Crippen LogP contribution in [0.3, 0.4) is 0 Å². The molecule has 3 aliphatic rings. The summed E-state index contributed by atoms with van der Waals surface area (Å²) in [7, 11) is 0. The lowest BCUT2D eigenvalue weighted by Gasteiger charge is -2.39. The van der Waals surface area contributed by atoms with Crippen LogP contribution in [0.4, 0.5) is 0 Å². The third-order valence-electron chi connectivity index (χ3n) is 5.64. The normalized spacial score (nSPS) is 34.6. The van der Waals surface area contributed by atoms with Gasteiger partial charge in [0.2, 0.25) is 0 Å². The third-order valence-corrected chi connectivity index (χ3v) is 5.64. The summed E-state index contributed by atoms with van der Waals surface area (Å²) in [6.45, 7) is 8.24. The molecule has 0 aromatic heterocycles. The number of hydrogen-bond acceptors (Lipinski definition) is 4. The Labute approximate surface area is 122 Å². The molecule has 0 unspecified atom stereocenters. The summed E-state index contributed by atoms with van der Waals surface area (Å²) in [5.74, 6) is 0. The molecule has 0 N–H and O–H groups in total. The molecule has 3 heterocycles. The largest absolute Gasteiger partial charge is 0.381 e. The molecule has 20 heavy (non-hydrogen) atoms. The summed E-state index contributed by atoms with van der Waals surface area (Å²) in [5.41, 5.74) is 0.513. The van der Waals surface area contributed by atoms with Gasteiger partial charge in [0.25, 0.3) is 0 Å². The predicted octanol–water partition coefficient (Wildman–Crippen LogP) is 2.42. The summed E-state index contributed by atoms with van der Waals surface area (Å²) < 4.78 is 17.0. The van der Waals surface area contributed by atoms with E-state index in [0.717, 1.165) is 39.4 Å². The van der Waals surface area contributed by atoms with Crippen LogP contribution in [0.15, 0.2) is 0 Å². The molecule has 4 nitrogen and oxygen atoms in total. The van der Waals surface area contributed by atoms with Crippen molar-refractivity contribution >= 4 is 0 Å². The van der Waals surface area contributed by atoms with Gasteiger partial charge in [-0.2, -0.15) is 0 Å². The monoisotopic (exact) mass is 283 g/mol. The molecule has 3 aliphatic heterocycles. The van der Waals surface area contributed by atoms with Crippen molar-refractivity contribution < 1.29 is 14.2 Å². The average Bonchev–Trinajstić information content (AvgIpc) is 2.79. The summed E-state index contributed by atoms with van der Waals surface area (Å²) in [4.78, 5) is 2.61. The van der Waals surface area contributed by atoms with E-state index < -0.39 is 0 Å². The molecule has 116 valence electrons. The van der Waals surface area contributed by atoms with Crippen molar-refractivity contribution in [1.82, 2.24) is 4.90 Å². The average molecular weight is 283 g/mol. The lowest BCUT2D eigenvalue weighted by Crippen LogP contribution is -2.42. The van der Waals surface area contributed by atoms with E-state index in [9.17, 15) is 0 Å². The van der Waals surface area contributed by atoms with Crippen LogP contribution >= 0.6 is 0 Å². The molecule has 0 aromatic rings. The Balaban J connectivity index is 1.42. The fraction of sp³-hybridized carbons (Fsp3) is 1.00. The van der Waals surface area contributed by atoms with Gasteiger partial charge < -0.3 is 14.2 Å². The van der Waals surface area contributed by atoms with Gasteiger partial charge in [0.15, 0.2) is 6.29 Å². The summed E-state index contributed by atoms with van der Waals surface area (Å²) in [6, 6.07) is 0.669. The van der Waals surface area contributed by atoms with Crippen molar-refractivity contribution in [2.75, 3.05) is 39.5 Å². The molecule has 3 fully saturated rings. The minimum atomic E-state index is 0.0544. The Kier molecular flexibility index (Phi) is 4.97. The van der Waals surface area contributed by atoms with Crippen molar-refractivity contribution in [3.8, 4) is 0 Å². The van der Waals surface area contributed by atoms with Crippen LogP contribution in [0.5, 0.6) is 0 Å². The third kappa shape index (κ3) is 3.19. The van der Waals surface area contributed by atoms with Crippen molar-refractivity contribution in [2.45, 2.75) is 57.8 Å². The minimum absolute atomic E-state index is 0.0544. The summed E-state index contributed by atoms with van der Waals surface area (Å²) >= 11 is 0. The second-order valence-corrected chi connectivity index (χ2v) is 6.60. The van der Waals surface area contributed by atoms with Gasteiger partial charge in [-0.15, -0.1) is 0 Å². The number of nitrogens with zero attached hydrogens (tertiary/aromatic N) is 1. The van der Waals surface area contributed by atoms with Gasteiger partial charge in [-0.1, -0.05) is 0 Å². The lowest BCUT2D eigenvalue weighted by molar-refractivity contribution is -0.164. The number of ether oxygens (including phenoxy) is 3. The molecule has 0 aliphatic carbocycles. The molecule has 0 bridgehead atoms. The van der Waals surface area contributed by atoms with Crippen molar-refractivity contribution in [3.05, 3.63) is 0 Å². The highest BCUT2D eigenvalue weighted by Crippen LogP contribution is 2.44. The van der Waals surface area contributed by atoms with E-state index >= 15 is 0 Å². The molecule has 0 amide bonds. The number of rotatable bonds is 4. The Bertz CT molecular complexity index is 298. The molecular weight excluding hydrogens is 254 g/mol. The van der Waals surface area contributed by atoms with E-state index in [4.69, 9.17) is 14.2 Å². The highest BCUT2D eigenvalue weighted by atomic mass is 16.7. The molecule has 3 rings (SSSR count). The van der Waals surface area contributed by atoms with Crippen molar-refractivity contribution in [1.29, 1.82) is 0 Å². The van der Waals surface area contributed by atoms with Crippen LogP contribution in [0.2, 0.25) is 0 Å². The second kappa shape index (κ2) is 6.73. The van der Waals surface area contributed by atoms with Crippen LogP contribution in [0.1, 0.15) is 45.4 Å². The van der Waals surface area contributed by atoms with Gasteiger partial charge in [0.05, 0.1) is 6.61 Å². The Morgan fingerprint density at radius 3 is 2.75 bits per heavy atom.